The Labute approximate surface area is 173 Å². The minimum atomic E-state index is -0.479. The Bertz CT molecular complexity index is 1230. The van der Waals surface area contributed by atoms with Gasteiger partial charge >= 0.3 is 0 Å². The second kappa shape index (κ2) is 8.29. The van der Waals surface area contributed by atoms with Gasteiger partial charge in [0, 0.05) is 48.1 Å². The molecule has 0 aliphatic carbocycles. The molecular weight excluding hydrogens is 381 g/mol. The number of hydrogen-bond acceptors (Lipinski definition) is 3. The van der Waals surface area contributed by atoms with Crippen molar-refractivity contribution in [2.24, 2.45) is 0 Å². The molecule has 0 spiro atoms. The van der Waals surface area contributed by atoms with Crippen LogP contribution in [0.2, 0.25) is 0 Å². The first kappa shape index (κ1) is 19.5. The summed E-state index contributed by atoms with van der Waals surface area (Å²) < 4.78 is 16.4. The molecule has 5 nitrogen and oxygen atoms in total. The first-order valence-electron chi connectivity index (χ1n) is 9.68. The van der Waals surface area contributed by atoms with Gasteiger partial charge in [0.25, 0.3) is 5.91 Å². The maximum absolute atomic E-state index is 14.8. The number of nitrogens with one attached hydrogen (secondary N) is 1. The van der Waals surface area contributed by atoms with E-state index in [4.69, 9.17) is 0 Å². The minimum absolute atomic E-state index is 0.00517. The summed E-state index contributed by atoms with van der Waals surface area (Å²) in [5.41, 5.74) is 2.99. The summed E-state index contributed by atoms with van der Waals surface area (Å²) in [7, 11) is 0. The van der Waals surface area contributed by atoms with Crippen LogP contribution < -0.4 is 5.32 Å². The highest BCUT2D eigenvalue weighted by Gasteiger charge is 2.13. The normalized spacial score (nSPS) is 10.9. The molecule has 0 saturated carbocycles. The van der Waals surface area contributed by atoms with E-state index in [-0.39, 0.29) is 17.4 Å². The van der Waals surface area contributed by atoms with Gasteiger partial charge in [-0.2, -0.15) is 0 Å². The Balaban J connectivity index is 1.55. The molecule has 2 aromatic carbocycles. The molecule has 0 aliphatic heterocycles. The number of carbonyl (C=O) groups excluding carboxylic acids is 2. The number of halogens is 1. The van der Waals surface area contributed by atoms with E-state index in [1.54, 1.807) is 47.4 Å². The zero-order chi connectivity index (χ0) is 21.1. The molecule has 2 aromatic heterocycles. The largest absolute Gasteiger partial charge is 0.348 e. The van der Waals surface area contributed by atoms with Crippen LogP contribution in [0.1, 0.15) is 34.1 Å². The number of carbonyl (C=O) groups is 2. The molecule has 30 heavy (non-hydrogen) atoms. The van der Waals surface area contributed by atoms with Gasteiger partial charge < -0.3 is 5.32 Å². The monoisotopic (exact) mass is 401 g/mol. The number of benzene rings is 2. The SMILES string of the molecule is CCC(=O)n1ccc2cc(-c3ccc(C(=O)NCc4cccnc4)cc3F)ccc21. The lowest BCUT2D eigenvalue weighted by atomic mass is 10.0. The number of aromatic nitrogens is 2. The van der Waals surface area contributed by atoms with Crippen molar-refractivity contribution in [1.82, 2.24) is 14.9 Å². The fourth-order valence-electron chi connectivity index (χ4n) is 3.38. The quantitative estimate of drug-likeness (QED) is 0.521. The van der Waals surface area contributed by atoms with Crippen LogP contribution in [0.5, 0.6) is 0 Å². The number of rotatable bonds is 5. The van der Waals surface area contributed by atoms with Crippen molar-refractivity contribution in [3.63, 3.8) is 0 Å². The number of amides is 1. The van der Waals surface area contributed by atoms with Crippen molar-refractivity contribution < 1.29 is 14.0 Å². The van der Waals surface area contributed by atoms with Gasteiger partial charge in [-0.1, -0.05) is 25.1 Å². The number of hydrogen-bond donors (Lipinski definition) is 1. The third-order valence-corrected chi connectivity index (χ3v) is 4.98. The number of nitrogens with zero attached hydrogens (tertiary/aromatic N) is 2. The van der Waals surface area contributed by atoms with Crippen LogP contribution in [0.4, 0.5) is 4.39 Å². The van der Waals surface area contributed by atoms with Crippen LogP contribution in [-0.4, -0.2) is 21.4 Å². The molecule has 0 radical (unpaired) electrons. The Morgan fingerprint density at radius 3 is 2.70 bits per heavy atom. The van der Waals surface area contributed by atoms with Crippen molar-refractivity contribution in [2.75, 3.05) is 0 Å². The van der Waals surface area contributed by atoms with Crippen LogP contribution in [0.15, 0.2) is 73.2 Å². The van der Waals surface area contributed by atoms with Gasteiger partial charge in [0.2, 0.25) is 5.91 Å². The highest BCUT2D eigenvalue weighted by Crippen LogP contribution is 2.28. The molecule has 2 heterocycles. The first-order chi connectivity index (χ1) is 14.6. The molecule has 6 heteroatoms. The number of fused-ring (bicyclic) bond motifs is 1. The summed E-state index contributed by atoms with van der Waals surface area (Å²) in [5, 5.41) is 3.62. The fourth-order valence-corrected chi connectivity index (χ4v) is 3.38. The molecule has 150 valence electrons. The molecule has 0 fully saturated rings. The highest BCUT2D eigenvalue weighted by molar-refractivity contribution is 5.96. The van der Waals surface area contributed by atoms with E-state index in [0.29, 0.717) is 24.1 Å². The first-order valence-corrected chi connectivity index (χ1v) is 9.68. The molecular formula is C24H20FN3O2. The number of pyridine rings is 1. The molecule has 4 rings (SSSR count). The summed E-state index contributed by atoms with van der Waals surface area (Å²) in [6, 6.07) is 15.4. The second-order valence-corrected chi connectivity index (χ2v) is 6.95. The highest BCUT2D eigenvalue weighted by atomic mass is 19.1. The van der Waals surface area contributed by atoms with Gasteiger partial charge in [-0.05, 0) is 47.5 Å². The third-order valence-electron chi connectivity index (χ3n) is 4.98. The molecule has 0 bridgehead atoms. The van der Waals surface area contributed by atoms with E-state index in [1.807, 2.05) is 31.2 Å². The summed E-state index contributed by atoms with van der Waals surface area (Å²) >= 11 is 0. The van der Waals surface area contributed by atoms with Gasteiger partial charge in [-0.15, -0.1) is 0 Å². The van der Waals surface area contributed by atoms with E-state index < -0.39 is 5.82 Å². The van der Waals surface area contributed by atoms with Gasteiger partial charge in [0.1, 0.15) is 5.82 Å². The minimum Gasteiger partial charge on any atom is -0.348 e. The van der Waals surface area contributed by atoms with E-state index in [0.717, 1.165) is 16.5 Å². The van der Waals surface area contributed by atoms with Crippen LogP contribution in [0.3, 0.4) is 0 Å². The summed E-state index contributed by atoms with van der Waals surface area (Å²) in [6.07, 6.45) is 5.46. The molecule has 0 saturated heterocycles. The van der Waals surface area contributed by atoms with E-state index in [9.17, 15) is 14.0 Å². The Morgan fingerprint density at radius 1 is 1.10 bits per heavy atom. The van der Waals surface area contributed by atoms with Crippen LogP contribution in [0, 0.1) is 5.82 Å². The lowest BCUT2D eigenvalue weighted by Crippen LogP contribution is -2.22. The van der Waals surface area contributed by atoms with Gasteiger partial charge in [0.05, 0.1) is 5.52 Å². The maximum Gasteiger partial charge on any atom is 0.251 e. The second-order valence-electron chi connectivity index (χ2n) is 6.95. The molecule has 1 amide bonds. The van der Waals surface area contributed by atoms with Gasteiger partial charge in [0.15, 0.2) is 0 Å². The maximum atomic E-state index is 14.8. The average molecular weight is 401 g/mol. The van der Waals surface area contributed by atoms with E-state index in [1.165, 1.54) is 6.07 Å². The standard InChI is InChI=1S/C24H20FN3O2/c1-2-23(29)28-11-9-18-12-17(6-8-22(18)28)20-7-5-19(13-21(20)25)24(30)27-15-16-4-3-10-26-14-16/h3-14H,2,15H2,1H3,(H,27,30). The third kappa shape index (κ3) is 3.85. The van der Waals surface area contributed by atoms with Crippen molar-refractivity contribution in [1.29, 1.82) is 0 Å². The van der Waals surface area contributed by atoms with E-state index >= 15 is 0 Å². The predicted molar refractivity (Wildman–Crippen MR) is 114 cm³/mol. The van der Waals surface area contributed by atoms with Crippen molar-refractivity contribution in [2.45, 2.75) is 19.9 Å². The van der Waals surface area contributed by atoms with Crippen molar-refractivity contribution >= 4 is 22.7 Å². The van der Waals surface area contributed by atoms with E-state index in [2.05, 4.69) is 10.3 Å². The van der Waals surface area contributed by atoms with Crippen LogP contribution in [0.25, 0.3) is 22.0 Å². The van der Waals surface area contributed by atoms with Crippen LogP contribution in [-0.2, 0) is 6.54 Å². The lowest BCUT2D eigenvalue weighted by molar-refractivity contribution is 0.0912. The topological polar surface area (TPSA) is 64.0 Å². The molecule has 0 atom stereocenters. The van der Waals surface area contributed by atoms with Crippen molar-refractivity contribution in [3.8, 4) is 11.1 Å². The Morgan fingerprint density at radius 2 is 1.97 bits per heavy atom. The summed E-state index contributed by atoms with van der Waals surface area (Å²) in [6.45, 7) is 2.13. The fraction of sp³-hybridized carbons (Fsp3) is 0.125. The molecule has 0 unspecified atom stereocenters. The molecule has 0 aliphatic rings. The average Bonchev–Trinajstić information content (AvgIpc) is 3.20. The van der Waals surface area contributed by atoms with Gasteiger partial charge in [-0.25, -0.2) is 4.39 Å². The smallest absolute Gasteiger partial charge is 0.251 e. The lowest BCUT2D eigenvalue weighted by Gasteiger charge is -2.09. The Hall–Kier alpha value is -3.80. The molecule has 4 aromatic rings. The van der Waals surface area contributed by atoms with Crippen LogP contribution >= 0.6 is 0 Å². The Kier molecular flexibility index (Phi) is 5.39. The van der Waals surface area contributed by atoms with Crippen molar-refractivity contribution in [3.05, 3.63) is 90.1 Å². The molecule has 1 N–H and O–H groups in total. The zero-order valence-electron chi connectivity index (χ0n) is 16.4. The van der Waals surface area contributed by atoms with Gasteiger partial charge in [-0.3, -0.25) is 19.1 Å². The predicted octanol–water partition coefficient (Wildman–Crippen LogP) is 4.82. The zero-order valence-corrected chi connectivity index (χ0v) is 16.4. The summed E-state index contributed by atoms with van der Waals surface area (Å²) in [5.74, 6) is -0.826. The summed E-state index contributed by atoms with van der Waals surface area (Å²) in [4.78, 5) is 28.4.